The van der Waals surface area contributed by atoms with Crippen LogP contribution in [-0.4, -0.2) is 34.7 Å². The maximum atomic E-state index is 12.3. The number of likely N-dealkylation sites (tertiary alicyclic amines) is 1. The summed E-state index contributed by atoms with van der Waals surface area (Å²) in [6.45, 7) is 1.49. The molecule has 1 aliphatic heterocycles. The van der Waals surface area contributed by atoms with Crippen molar-refractivity contribution in [2.75, 3.05) is 13.1 Å². The molecule has 1 saturated heterocycles. The zero-order valence-corrected chi connectivity index (χ0v) is 14.9. The van der Waals surface area contributed by atoms with E-state index in [2.05, 4.69) is 4.98 Å². The van der Waals surface area contributed by atoms with E-state index in [0.717, 1.165) is 25.9 Å². The Bertz CT molecular complexity index is 710. The molecule has 1 aromatic heterocycles. The number of aromatic nitrogens is 1. The van der Waals surface area contributed by atoms with Gasteiger partial charge in [0.15, 0.2) is 5.78 Å². The van der Waals surface area contributed by atoms with Gasteiger partial charge in [0.2, 0.25) is 5.91 Å². The van der Waals surface area contributed by atoms with Crippen molar-refractivity contribution < 1.29 is 9.59 Å². The van der Waals surface area contributed by atoms with Crippen LogP contribution in [0.1, 0.15) is 47.0 Å². The molecule has 2 aromatic rings. The minimum absolute atomic E-state index is 0.0384. The second-order valence-electron chi connectivity index (χ2n) is 5.96. The molecule has 0 atom stereocenters. The van der Waals surface area contributed by atoms with Gasteiger partial charge in [-0.05, 0) is 25.0 Å². The molecule has 126 valence electrons. The second kappa shape index (κ2) is 7.90. The lowest BCUT2D eigenvalue weighted by Gasteiger charge is -2.31. The third-order valence-corrected chi connectivity index (χ3v) is 5.53. The molecule has 0 spiro atoms. The quantitative estimate of drug-likeness (QED) is 0.750. The lowest BCUT2D eigenvalue weighted by Crippen LogP contribution is -2.38. The van der Waals surface area contributed by atoms with Crippen LogP contribution < -0.4 is 0 Å². The molecule has 0 saturated carbocycles. The van der Waals surface area contributed by atoms with Gasteiger partial charge in [0.05, 0.1) is 5.01 Å². The number of piperidine rings is 1. The highest BCUT2D eigenvalue weighted by Crippen LogP contribution is 2.29. The number of amides is 1. The molecule has 1 fully saturated rings. The minimum Gasteiger partial charge on any atom is -0.343 e. The Kier molecular flexibility index (Phi) is 5.63. The molecule has 3 rings (SSSR count). The molecule has 2 heterocycles. The van der Waals surface area contributed by atoms with Crippen LogP contribution in [0.5, 0.6) is 0 Å². The molecule has 24 heavy (non-hydrogen) atoms. The van der Waals surface area contributed by atoms with Crippen LogP contribution in [-0.2, 0) is 4.79 Å². The monoisotopic (exact) mass is 362 g/mol. The van der Waals surface area contributed by atoms with Crippen LogP contribution in [0.4, 0.5) is 0 Å². The zero-order valence-electron chi connectivity index (χ0n) is 13.3. The van der Waals surface area contributed by atoms with Gasteiger partial charge >= 0.3 is 0 Å². The van der Waals surface area contributed by atoms with Crippen molar-refractivity contribution in [3.8, 4) is 0 Å². The first-order valence-electron chi connectivity index (χ1n) is 8.09. The summed E-state index contributed by atoms with van der Waals surface area (Å²) in [5, 5.41) is 3.70. The number of Topliss-reactive ketones (excluding diaryl/α,β-unsaturated/α-hetero) is 1. The van der Waals surface area contributed by atoms with Crippen LogP contribution in [0.2, 0.25) is 5.02 Å². The molecule has 1 aromatic carbocycles. The number of hydrogen-bond acceptors (Lipinski definition) is 4. The van der Waals surface area contributed by atoms with E-state index in [0.29, 0.717) is 16.5 Å². The number of thiazole rings is 1. The van der Waals surface area contributed by atoms with Gasteiger partial charge in [-0.3, -0.25) is 9.59 Å². The maximum absolute atomic E-state index is 12.3. The first-order valence-corrected chi connectivity index (χ1v) is 9.35. The van der Waals surface area contributed by atoms with Crippen molar-refractivity contribution in [1.29, 1.82) is 0 Å². The van der Waals surface area contributed by atoms with E-state index in [-0.39, 0.29) is 24.5 Å². The van der Waals surface area contributed by atoms with Crippen molar-refractivity contribution in [1.82, 2.24) is 9.88 Å². The summed E-state index contributed by atoms with van der Waals surface area (Å²) in [5.41, 5.74) is 0.567. The van der Waals surface area contributed by atoms with E-state index in [1.165, 1.54) is 5.01 Å². The summed E-state index contributed by atoms with van der Waals surface area (Å²) < 4.78 is 0. The van der Waals surface area contributed by atoms with Crippen molar-refractivity contribution in [3.05, 3.63) is 51.4 Å². The number of rotatable bonds is 5. The average Bonchev–Trinajstić information content (AvgIpc) is 3.14. The average molecular weight is 363 g/mol. The van der Waals surface area contributed by atoms with E-state index in [1.54, 1.807) is 35.6 Å². The number of carbonyl (C=O) groups excluding carboxylic acids is 2. The second-order valence-corrected chi connectivity index (χ2v) is 7.32. The third-order valence-electron chi connectivity index (χ3n) is 4.36. The first kappa shape index (κ1) is 17.1. The van der Waals surface area contributed by atoms with E-state index in [9.17, 15) is 9.59 Å². The highest BCUT2D eigenvalue weighted by molar-refractivity contribution is 7.09. The molecule has 0 unspecified atom stereocenters. The maximum Gasteiger partial charge on any atom is 0.223 e. The molecular weight excluding hydrogens is 344 g/mol. The number of ketones is 1. The highest BCUT2D eigenvalue weighted by Gasteiger charge is 2.25. The lowest BCUT2D eigenvalue weighted by molar-refractivity contribution is -0.132. The molecule has 0 aliphatic carbocycles. The first-order chi connectivity index (χ1) is 11.6. The summed E-state index contributed by atoms with van der Waals surface area (Å²) in [7, 11) is 0. The summed E-state index contributed by atoms with van der Waals surface area (Å²) in [6, 6.07) is 6.86. The summed E-state index contributed by atoms with van der Waals surface area (Å²) in [4.78, 5) is 30.7. The van der Waals surface area contributed by atoms with E-state index in [1.807, 2.05) is 16.5 Å². The SMILES string of the molecule is O=C(CCC(=O)N1CCC(c2nccs2)CC1)c1cccc(Cl)c1. The molecule has 0 radical (unpaired) electrons. The van der Waals surface area contributed by atoms with Crippen molar-refractivity contribution in [2.45, 2.75) is 31.6 Å². The fraction of sp³-hybridized carbons (Fsp3) is 0.389. The van der Waals surface area contributed by atoms with Gasteiger partial charge in [0, 0.05) is 54.0 Å². The van der Waals surface area contributed by atoms with Crippen LogP contribution in [0.15, 0.2) is 35.8 Å². The van der Waals surface area contributed by atoms with Crippen LogP contribution >= 0.6 is 22.9 Å². The van der Waals surface area contributed by atoms with Crippen LogP contribution in [0.25, 0.3) is 0 Å². The van der Waals surface area contributed by atoms with Gasteiger partial charge in [-0.15, -0.1) is 11.3 Å². The largest absolute Gasteiger partial charge is 0.343 e. The van der Waals surface area contributed by atoms with Crippen molar-refractivity contribution in [3.63, 3.8) is 0 Å². The fourth-order valence-corrected chi connectivity index (χ4v) is 4.00. The summed E-state index contributed by atoms with van der Waals surface area (Å²) in [6.07, 6.45) is 4.21. The predicted molar refractivity (Wildman–Crippen MR) is 95.7 cm³/mol. The molecule has 0 N–H and O–H groups in total. The lowest BCUT2D eigenvalue weighted by atomic mass is 9.97. The molecule has 1 amide bonds. The Morgan fingerprint density at radius 3 is 2.71 bits per heavy atom. The van der Waals surface area contributed by atoms with E-state index >= 15 is 0 Å². The molecule has 0 bridgehead atoms. The molecule has 6 heteroatoms. The minimum atomic E-state index is -0.0384. The number of halogens is 1. The smallest absolute Gasteiger partial charge is 0.223 e. The number of benzene rings is 1. The Morgan fingerprint density at radius 1 is 1.25 bits per heavy atom. The highest BCUT2D eigenvalue weighted by atomic mass is 35.5. The Balaban J connectivity index is 1.47. The molecular formula is C18H19ClN2O2S. The number of nitrogens with zero attached hydrogens (tertiary/aromatic N) is 2. The van der Waals surface area contributed by atoms with Crippen LogP contribution in [0, 0.1) is 0 Å². The Labute approximate surface area is 150 Å². The van der Waals surface area contributed by atoms with Crippen LogP contribution in [0.3, 0.4) is 0 Å². The molecule has 1 aliphatic rings. The topological polar surface area (TPSA) is 50.3 Å². The van der Waals surface area contributed by atoms with Gasteiger partial charge in [0.25, 0.3) is 0 Å². The van der Waals surface area contributed by atoms with Gasteiger partial charge in [0.1, 0.15) is 0 Å². The standard InChI is InChI=1S/C18H19ClN2O2S/c19-15-3-1-2-14(12-15)16(22)4-5-17(23)21-9-6-13(7-10-21)18-20-8-11-24-18/h1-3,8,11-13H,4-7,9-10H2. The Morgan fingerprint density at radius 2 is 2.04 bits per heavy atom. The zero-order chi connectivity index (χ0) is 16.9. The van der Waals surface area contributed by atoms with Gasteiger partial charge < -0.3 is 4.90 Å². The van der Waals surface area contributed by atoms with E-state index in [4.69, 9.17) is 11.6 Å². The fourth-order valence-electron chi connectivity index (χ4n) is 3.00. The van der Waals surface area contributed by atoms with Gasteiger partial charge in [-0.25, -0.2) is 4.98 Å². The number of hydrogen-bond donors (Lipinski definition) is 0. The predicted octanol–water partition coefficient (Wildman–Crippen LogP) is 4.17. The normalized spacial score (nSPS) is 15.5. The number of carbonyl (C=O) groups is 2. The Hall–Kier alpha value is -1.72. The van der Waals surface area contributed by atoms with Gasteiger partial charge in [-0.2, -0.15) is 0 Å². The summed E-state index contributed by atoms with van der Waals surface area (Å²) in [5.74, 6) is 0.480. The summed E-state index contributed by atoms with van der Waals surface area (Å²) >= 11 is 7.58. The van der Waals surface area contributed by atoms with Crippen molar-refractivity contribution in [2.24, 2.45) is 0 Å². The van der Waals surface area contributed by atoms with E-state index < -0.39 is 0 Å². The third kappa shape index (κ3) is 4.22. The van der Waals surface area contributed by atoms with Gasteiger partial charge in [-0.1, -0.05) is 23.7 Å². The van der Waals surface area contributed by atoms with Crippen molar-refractivity contribution >= 4 is 34.6 Å². The molecule has 4 nitrogen and oxygen atoms in total.